The first-order valence-electron chi connectivity index (χ1n) is 10.0. The Morgan fingerprint density at radius 3 is 2.74 bits per heavy atom. The minimum absolute atomic E-state index is 0.0553. The van der Waals surface area contributed by atoms with Gasteiger partial charge >= 0.3 is 0 Å². The van der Waals surface area contributed by atoms with E-state index in [1.165, 1.54) is 35.9 Å². The molecule has 0 saturated heterocycles. The molecule has 1 aliphatic carbocycles. The number of thioether (sulfide) groups is 1. The van der Waals surface area contributed by atoms with Gasteiger partial charge in [-0.3, -0.25) is 4.79 Å². The number of hydrogen-bond acceptors (Lipinski definition) is 8. The average Bonchev–Trinajstić information content (AvgIpc) is 3.51. The second kappa shape index (κ2) is 10.5. The van der Waals surface area contributed by atoms with Crippen LogP contribution in [0.5, 0.6) is 11.5 Å². The molecule has 2 aromatic carbocycles. The molecule has 1 fully saturated rings. The fraction of sp³-hybridized carbons (Fsp3) is 0.318. The number of rotatable bonds is 11. The number of benzene rings is 2. The average molecular weight is 457 g/mol. The van der Waals surface area contributed by atoms with E-state index < -0.39 is 0 Å². The molecule has 162 valence electrons. The number of hydrogen-bond donors (Lipinski definition) is 2. The van der Waals surface area contributed by atoms with Crippen molar-refractivity contribution < 1.29 is 14.3 Å². The lowest BCUT2D eigenvalue weighted by Crippen LogP contribution is -2.24. The molecule has 1 aliphatic rings. The largest absolute Gasteiger partial charge is 0.493 e. The van der Waals surface area contributed by atoms with Crippen LogP contribution in [0, 0.1) is 0 Å². The van der Waals surface area contributed by atoms with Gasteiger partial charge in [0.15, 0.2) is 15.8 Å². The van der Waals surface area contributed by atoms with E-state index >= 15 is 0 Å². The van der Waals surface area contributed by atoms with Crippen LogP contribution in [0.4, 0.5) is 5.13 Å². The molecule has 0 spiro atoms. The monoisotopic (exact) mass is 456 g/mol. The van der Waals surface area contributed by atoms with E-state index in [4.69, 9.17) is 9.47 Å². The van der Waals surface area contributed by atoms with E-state index in [2.05, 4.69) is 20.8 Å². The molecule has 1 aromatic heterocycles. The predicted molar refractivity (Wildman–Crippen MR) is 123 cm³/mol. The van der Waals surface area contributed by atoms with Crippen molar-refractivity contribution in [1.82, 2.24) is 15.5 Å². The highest BCUT2D eigenvalue weighted by Gasteiger charge is 2.22. The Morgan fingerprint density at radius 2 is 1.97 bits per heavy atom. The standard InChI is InChI=1S/C22H24N4O3S2/c1-28-19-11-16(7-10-18(19)29-13-15-5-3-2-4-6-15)12-23-20(27)14-30-22-26-25-21(31-22)24-17-8-9-17/h2-7,10-11,17H,8-9,12-14H2,1H3,(H,23,27)(H,24,25). The van der Waals surface area contributed by atoms with Crippen LogP contribution >= 0.6 is 23.1 Å². The molecule has 9 heteroatoms. The normalized spacial score (nSPS) is 12.9. The summed E-state index contributed by atoms with van der Waals surface area (Å²) >= 11 is 2.88. The predicted octanol–water partition coefficient (Wildman–Crippen LogP) is 4.11. The molecule has 1 amide bonds. The fourth-order valence-corrected chi connectivity index (χ4v) is 4.44. The Kier molecular flexibility index (Phi) is 7.26. The van der Waals surface area contributed by atoms with Crippen LogP contribution < -0.4 is 20.1 Å². The number of methoxy groups -OCH3 is 1. The maximum absolute atomic E-state index is 12.2. The van der Waals surface area contributed by atoms with Crippen LogP contribution in [-0.4, -0.2) is 35.0 Å². The molecule has 7 nitrogen and oxygen atoms in total. The lowest BCUT2D eigenvalue weighted by Gasteiger charge is -2.13. The molecule has 0 atom stereocenters. The van der Waals surface area contributed by atoms with Crippen molar-refractivity contribution in [3.05, 3.63) is 59.7 Å². The molecule has 0 aliphatic heterocycles. The van der Waals surface area contributed by atoms with Crippen LogP contribution in [0.15, 0.2) is 52.9 Å². The van der Waals surface area contributed by atoms with Gasteiger partial charge in [0.05, 0.1) is 12.9 Å². The number of nitrogens with zero attached hydrogens (tertiary/aromatic N) is 2. The van der Waals surface area contributed by atoms with Gasteiger partial charge in [0.25, 0.3) is 0 Å². The minimum Gasteiger partial charge on any atom is -0.493 e. The zero-order valence-electron chi connectivity index (χ0n) is 17.2. The third kappa shape index (κ3) is 6.60. The van der Waals surface area contributed by atoms with Gasteiger partial charge in [-0.2, -0.15) is 0 Å². The van der Waals surface area contributed by atoms with Crippen molar-refractivity contribution in [3.8, 4) is 11.5 Å². The Balaban J connectivity index is 1.23. The first-order valence-corrected chi connectivity index (χ1v) is 11.8. The van der Waals surface area contributed by atoms with Crippen LogP contribution in [0.2, 0.25) is 0 Å². The summed E-state index contributed by atoms with van der Waals surface area (Å²) in [5, 5.41) is 15.3. The number of amides is 1. The van der Waals surface area contributed by atoms with Gasteiger partial charge in [-0.15, -0.1) is 10.2 Å². The summed E-state index contributed by atoms with van der Waals surface area (Å²) in [5.41, 5.74) is 2.03. The zero-order chi connectivity index (χ0) is 21.5. The van der Waals surface area contributed by atoms with Crippen LogP contribution in [0.25, 0.3) is 0 Å². The molecular formula is C22H24N4O3S2. The molecule has 3 aromatic rings. The SMILES string of the molecule is COc1cc(CNC(=O)CSc2nnc(NC3CC3)s2)ccc1OCc1ccccc1. The van der Waals surface area contributed by atoms with Gasteiger partial charge in [0.1, 0.15) is 6.61 Å². The maximum atomic E-state index is 12.2. The molecule has 0 bridgehead atoms. The first-order chi connectivity index (χ1) is 15.2. The Bertz CT molecular complexity index is 1010. The first kappa shape index (κ1) is 21.5. The summed E-state index contributed by atoms with van der Waals surface area (Å²) < 4.78 is 12.1. The highest BCUT2D eigenvalue weighted by Crippen LogP contribution is 2.30. The lowest BCUT2D eigenvalue weighted by molar-refractivity contribution is -0.118. The topological polar surface area (TPSA) is 85.4 Å². The lowest BCUT2D eigenvalue weighted by atomic mass is 10.2. The van der Waals surface area contributed by atoms with Crippen molar-refractivity contribution in [1.29, 1.82) is 0 Å². The molecular weight excluding hydrogens is 432 g/mol. The highest BCUT2D eigenvalue weighted by atomic mass is 32.2. The van der Waals surface area contributed by atoms with Crippen molar-refractivity contribution in [3.63, 3.8) is 0 Å². The number of nitrogens with one attached hydrogen (secondary N) is 2. The zero-order valence-corrected chi connectivity index (χ0v) is 18.8. The van der Waals surface area contributed by atoms with Gasteiger partial charge in [-0.25, -0.2) is 0 Å². The number of carbonyl (C=O) groups is 1. The molecule has 1 heterocycles. The third-order valence-corrected chi connectivity index (χ3v) is 6.58. The Hall–Kier alpha value is -2.78. The van der Waals surface area contributed by atoms with Crippen molar-refractivity contribution in [2.75, 3.05) is 18.2 Å². The van der Waals surface area contributed by atoms with Crippen LogP contribution in [0.1, 0.15) is 24.0 Å². The Labute approximate surface area is 189 Å². The fourth-order valence-electron chi connectivity index (χ4n) is 2.78. The summed E-state index contributed by atoms with van der Waals surface area (Å²) in [5.74, 6) is 1.55. The maximum Gasteiger partial charge on any atom is 0.230 e. The van der Waals surface area contributed by atoms with E-state index in [1.54, 1.807) is 7.11 Å². The molecule has 31 heavy (non-hydrogen) atoms. The van der Waals surface area contributed by atoms with Crippen LogP contribution in [-0.2, 0) is 17.9 Å². The van der Waals surface area contributed by atoms with E-state index in [9.17, 15) is 4.79 Å². The van der Waals surface area contributed by atoms with Gasteiger partial charge in [-0.1, -0.05) is 59.5 Å². The van der Waals surface area contributed by atoms with Crippen LogP contribution in [0.3, 0.4) is 0 Å². The Morgan fingerprint density at radius 1 is 1.13 bits per heavy atom. The summed E-state index contributed by atoms with van der Waals surface area (Å²) in [6, 6.07) is 16.2. The third-order valence-electron chi connectivity index (χ3n) is 4.59. The molecule has 1 saturated carbocycles. The van der Waals surface area contributed by atoms with Gasteiger partial charge < -0.3 is 20.1 Å². The van der Waals surface area contributed by atoms with Crippen molar-refractivity contribution >= 4 is 34.1 Å². The highest BCUT2D eigenvalue weighted by molar-refractivity contribution is 8.01. The summed E-state index contributed by atoms with van der Waals surface area (Å²) in [7, 11) is 1.61. The number of carbonyl (C=O) groups excluding carboxylic acids is 1. The molecule has 0 radical (unpaired) electrons. The van der Waals surface area contributed by atoms with E-state index in [0.29, 0.717) is 36.4 Å². The molecule has 4 rings (SSSR count). The molecule has 2 N–H and O–H groups in total. The van der Waals surface area contributed by atoms with E-state index in [-0.39, 0.29) is 5.91 Å². The van der Waals surface area contributed by atoms with Gasteiger partial charge in [0, 0.05) is 12.6 Å². The summed E-state index contributed by atoms with van der Waals surface area (Å²) in [6.07, 6.45) is 2.38. The second-order valence-electron chi connectivity index (χ2n) is 7.12. The number of ether oxygens (including phenoxy) is 2. The number of aromatic nitrogens is 2. The second-order valence-corrected chi connectivity index (χ2v) is 9.32. The smallest absolute Gasteiger partial charge is 0.230 e. The van der Waals surface area contributed by atoms with Crippen molar-refractivity contribution in [2.24, 2.45) is 0 Å². The van der Waals surface area contributed by atoms with Crippen molar-refractivity contribution in [2.45, 2.75) is 36.4 Å². The molecule has 0 unspecified atom stereocenters. The van der Waals surface area contributed by atoms with Gasteiger partial charge in [-0.05, 0) is 36.1 Å². The minimum atomic E-state index is -0.0553. The van der Waals surface area contributed by atoms with E-state index in [0.717, 1.165) is 20.6 Å². The summed E-state index contributed by atoms with van der Waals surface area (Å²) in [4.78, 5) is 12.2. The number of anilines is 1. The quantitative estimate of drug-likeness (QED) is 0.420. The van der Waals surface area contributed by atoms with E-state index in [1.807, 2.05) is 48.5 Å². The summed E-state index contributed by atoms with van der Waals surface area (Å²) in [6.45, 7) is 0.882. The van der Waals surface area contributed by atoms with Gasteiger partial charge in [0.2, 0.25) is 11.0 Å².